The molecule has 1 aliphatic carbocycles. The van der Waals surface area contributed by atoms with E-state index in [9.17, 15) is 4.79 Å². The van der Waals surface area contributed by atoms with E-state index in [4.69, 9.17) is 5.11 Å². The maximum absolute atomic E-state index is 10.8. The standard InChI is InChI=1S/C13H21NO2/c15-13(16)8-9-6-11-4-5-12(7-9)14(11)10-2-1-3-10/h9-12H,1-8H2,(H,15,16). The number of carboxylic acids is 1. The largest absolute Gasteiger partial charge is 0.481 e. The summed E-state index contributed by atoms with van der Waals surface area (Å²) >= 11 is 0. The third kappa shape index (κ3) is 1.75. The van der Waals surface area contributed by atoms with E-state index in [0.717, 1.165) is 18.9 Å². The summed E-state index contributed by atoms with van der Waals surface area (Å²) in [5, 5.41) is 8.88. The third-order valence-electron chi connectivity index (χ3n) is 4.85. The van der Waals surface area contributed by atoms with Gasteiger partial charge in [0.2, 0.25) is 0 Å². The van der Waals surface area contributed by atoms with Gasteiger partial charge in [-0.1, -0.05) is 6.42 Å². The minimum Gasteiger partial charge on any atom is -0.481 e. The quantitative estimate of drug-likeness (QED) is 0.797. The SMILES string of the molecule is O=C(O)CC1CC2CCC(C1)N2C1CCC1. The molecule has 90 valence electrons. The number of rotatable bonds is 3. The van der Waals surface area contributed by atoms with Gasteiger partial charge in [0, 0.05) is 24.5 Å². The van der Waals surface area contributed by atoms with Crippen LogP contribution in [0.25, 0.3) is 0 Å². The molecule has 2 aliphatic heterocycles. The first kappa shape index (κ1) is 10.6. The second-order valence-electron chi connectivity index (χ2n) is 5.85. The Balaban J connectivity index is 1.64. The van der Waals surface area contributed by atoms with E-state index in [-0.39, 0.29) is 0 Å². The second-order valence-corrected chi connectivity index (χ2v) is 5.85. The molecule has 3 heteroatoms. The van der Waals surface area contributed by atoms with Gasteiger partial charge in [-0.05, 0) is 44.4 Å². The summed E-state index contributed by atoms with van der Waals surface area (Å²) in [6.45, 7) is 0. The van der Waals surface area contributed by atoms with Gasteiger partial charge in [0.15, 0.2) is 0 Å². The summed E-state index contributed by atoms with van der Waals surface area (Å²) in [6.07, 6.45) is 9.48. The Bertz CT molecular complexity index is 274. The van der Waals surface area contributed by atoms with Crippen LogP contribution in [0.15, 0.2) is 0 Å². The van der Waals surface area contributed by atoms with E-state index >= 15 is 0 Å². The fourth-order valence-corrected chi connectivity index (χ4v) is 4.02. The number of nitrogens with zero attached hydrogens (tertiary/aromatic N) is 1. The number of carbonyl (C=O) groups is 1. The van der Waals surface area contributed by atoms with Crippen molar-refractivity contribution in [2.24, 2.45) is 5.92 Å². The number of piperidine rings is 1. The zero-order valence-electron chi connectivity index (χ0n) is 9.77. The Morgan fingerprint density at radius 3 is 2.12 bits per heavy atom. The minimum absolute atomic E-state index is 0.394. The lowest BCUT2D eigenvalue weighted by Gasteiger charge is -2.47. The highest BCUT2D eigenvalue weighted by Gasteiger charge is 2.45. The molecule has 3 aliphatic rings. The predicted molar refractivity (Wildman–Crippen MR) is 61.3 cm³/mol. The molecular formula is C13H21NO2. The zero-order chi connectivity index (χ0) is 11.1. The lowest BCUT2D eigenvalue weighted by Crippen LogP contribution is -2.51. The van der Waals surface area contributed by atoms with Crippen LogP contribution in [0.2, 0.25) is 0 Å². The Labute approximate surface area is 96.8 Å². The zero-order valence-corrected chi connectivity index (χ0v) is 9.77. The first-order valence-corrected chi connectivity index (χ1v) is 6.73. The molecule has 3 rings (SSSR count). The first-order valence-electron chi connectivity index (χ1n) is 6.73. The van der Waals surface area contributed by atoms with Crippen molar-refractivity contribution in [3.63, 3.8) is 0 Å². The van der Waals surface area contributed by atoms with Crippen LogP contribution in [-0.4, -0.2) is 34.1 Å². The smallest absolute Gasteiger partial charge is 0.303 e. The van der Waals surface area contributed by atoms with Gasteiger partial charge in [-0.15, -0.1) is 0 Å². The van der Waals surface area contributed by atoms with Crippen molar-refractivity contribution in [1.29, 1.82) is 0 Å². The number of carboxylic acid groups (broad SMARTS) is 1. The number of fused-ring (bicyclic) bond motifs is 2. The molecule has 3 nitrogen and oxygen atoms in total. The molecule has 2 heterocycles. The number of aliphatic carboxylic acids is 1. The average Bonchev–Trinajstić information content (AvgIpc) is 2.41. The van der Waals surface area contributed by atoms with Gasteiger partial charge in [0.05, 0.1) is 0 Å². The Hall–Kier alpha value is -0.570. The summed E-state index contributed by atoms with van der Waals surface area (Å²) in [5.41, 5.74) is 0. The fourth-order valence-electron chi connectivity index (χ4n) is 4.02. The van der Waals surface area contributed by atoms with E-state index in [1.54, 1.807) is 0 Å². The molecule has 2 atom stereocenters. The van der Waals surface area contributed by atoms with Crippen molar-refractivity contribution in [3.8, 4) is 0 Å². The van der Waals surface area contributed by atoms with Crippen molar-refractivity contribution in [2.75, 3.05) is 0 Å². The van der Waals surface area contributed by atoms with Crippen molar-refractivity contribution < 1.29 is 9.90 Å². The average molecular weight is 223 g/mol. The summed E-state index contributed by atoms with van der Waals surface area (Å²) in [7, 11) is 0. The van der Waals surface area contributed by atoms with Crippen molar-refractivity contribution >= 4 is 5.97 Å². The molecule has 0 aromatic carbocycles. The molecule has 16 heavy (non-hydrogen) atoms. The molecule has 2 bridgehead atoms. The van der Waals surface area contributed by atoms with Crippen LogP contribution < -0.4 is 0 Å². The van der Waals surface area contributed by atoms with Crippen LogP contribution in [0.1, 0.15) is 51.4 Å². The molecule has 1 N–H and O–H groups in total. The summed E-state index contributed by atoms with van der Waals surface area (Å²) in [6, 6.07) is 2.28. The Kier molecular flexibility index (Phi) is 2.66. The van der Waals surface area contributed by atoms with Crippen molar-refractivity contribution in [2.45, 2.75) is 69.5 Å². The van der Waals surface area contributed by atoms with Crippen LogP contribution in [0.4, 0.5) is 0 Å². The molecule has 3 fully saturated rings. The van der Waals surface area contributed by atoms with E-state index in [1.807, 2.05) is 0 Å². The normalized spacial score (nSPS) is 39.6. The van der Waals surface area contributed by atoms with Crippen LogP contribution in [0.3, 0.4) is 0 Å². The number of hydrogen-bond donors (Lipinski definition) is 1. The Morgan fingerprint density at radius 1 is 1.06 bits per heavy atom. The number of hydrogen-bond acceptors (Lipinski definition) is 2. The summed E-state index contributed by atoms with van der Waals surface area (Å²) in [5.74, 6) is -0.159. The van der Waals surface area contributed by atoms with Gasteiger partial charge in [0.25, 0.3) is 0 Å². The molecule has 0 amide bonds. The highest BCUT2D eigenvalue weighted by Crippen LogP contribution is 2.44. The van der Waals surface area contributed by atoms with Gasteiger partial charge in [0.1, 0.15) is 0 Å². The van der Waals surface area contributed by atoms with Gasteiger partial charge < -0.3 is 5.11 Å². The van der Waals surface area contributed by atoms with Gasteiger partial charge >= 0.3 is 5.97 Å². The monoisotopic (exact) mass is 223 g/mol. The molecule has 1 saturated carbocycles. The van der Waals surface area contributed by atoms with E-state index in [2.05, 4.69) is 4.90 Å². The van der Waals surface area contributed by atoms with Gasteiger partial charge in [-0.25, -0.2) is 0 Å². The fraction of sp³-hybridized carbons (Fsp3) is 0.923. The Morgan fingerprint density at radius 2 is 1.69 bits per heavy atom. The van der Waals surface area contributed by atoms with E-state index in [0.29, 0.717) is 24.4 Å². The molecule has 2 saturated heterocycles. The van der Waals surface area contributed by atoms with Gasteiger partial charge in [-0.2, -0.15) is 0 Å². The highest BCUT2D eigenvalue weighted by atomic mass is 16.4. The molecule has 0 aromatic rings. The van der Waals surface area contributed by atoms with Crippen LogP contribution >= 0.6 is 0 Å². The van der Waals surface area contributed by atoms with Crippen LogP contribution in [0, 0.1) is 5.92 Å². The van der Waals surface area contributed by atoms with Crippen molar-refractivity contribution in [1.82, 2.24) is 4.90 Å². The molecule has 0 spiro atoms. The van der Waals surface area contributed by atoms with E-state index in [1.165, 1.54) is 32.1 Å². The van der Waals surface area contributed by atoms with Gasteiger partial charge in [-0.3, -0.25) is 9.69 Å². The summed E-state index contributed by atoms with van der Waals surface area (Å²) < 4.78 is 0. The van der Waals surface area contributed by atoms with Crippen molar-refractivity contribution in [3.05, 3.63) is 0 Å². The van der Waals surface area contributed by atoms with Crippen LogP contribution in [0.5, 0.6) is 0 Å². The maximum atomic E-state index is 10.8. The second kappa shape index (κ2) is 4.02. The topological polar surface area (TPSA) is 40.5 Å². The van der Waals surface area contributed by atoms with Crippen LogP contribution in [-0.2, 0) is 4.79 Å². The lowest BCUT2D eigenvalue weighted by atomic mass is 9.83. The predicted octanol–water partition coefficient (Wildman–Crippen LogP) is 2.26. The lowest BCUT2D eigenvalue weighted by molar-refractivity contribution is -0.138. The molecular weight excluding hydrogens is 202 g/mol. The molecule has 0 radical (unpaired) electrons. The minimum atomic E-state index is -0.610. The maximum Gasteiger partial charge on any atom is 0.303 e. The third-order valence-corrected chi connectivity index (χ3v) is 4.85. The first-order chi connectivity index (χ1) is 7.74. The van der Waals surface area contributed by atoms with E-state index < -0.39 is 5.97 Å². The highest BCUT2D eigenvalue weighted by molar-refractivity contribution is 5.67. The summed E-state index contributed by atoms with van der Waals surface area (Å²) in [4.78, 5) is 13.5. The molecule has 2 unspecified atom stereocenters. The molecule has 0 aromatic heterocycles.